The molecule has 4 rings (SSSR count). The van der Waals surface area contributed by atoms with E-state index in [0.717, 1.165) is 66.3 Å². The zero-order valence-electron chi connectivity index (χ0n) is 19.3. The molecule has 1 aromatic carbocycles. The van der Waals surface area contributed by atoms with Crippen LogP contribution in [0.3, 0.4) is 0 Å². The summed E-state index contributed by atoms with van der Waals surface area (Å²) < 4.78 is 1.86. The van der Waals surface area contributed by atoms with Crippen molar-refractivity contribution >= 4 is 11.6 Å². The molecule has 1 aliphatic rings. The average molecular weight is 436 g/mol. The standard InChI is InChI=1S/C25H33N5O2/c1-17-14-24-27-18(2)23(19(3)30(24)28-17)8-9-25(32)26-15-20-4-6-21(7-5-20)16-29-12-10-22(31)11-13-29/h4-7,14,22,31H,8-13,15-16H2,1-3H3,(H,26,32). The van der Waals surface area contributed by atoms with Crippen molar-refractivity contribution in [3.8, 4) is 0 Å². The van der Waals surface area contributed by atoms with Crippen molar-refractivity contribution in [2.45, 2.75) is 65.6 Å². The Hall–Kier alpha value is -2.77. The number of hydrogen-bond donors (Lipinski definition) is 2. The molecule has 170 valence electrons. The molecule has 1 amide bonds. The number of aromatic nitrogens is 3. The Morgan fingerprint density at radius 1 is 1.12 bits per heavy atom. The van der Waals surface area contributed by atoms with E-state index in [1.165, 1.54) is 5.56 Å². The monoisotopic (exact) mass is 435 g/mol. The summed E-state index contributed by atoms with van der Waals surface area (Å²) in [6.45, 7) is 9.32. The molecule has 0 bridgehead atoms. The second-order valence-corrected chi connectivity index (χ2v) is 8.92. The molecule has 7 nitrogen and oxygen atoms in total. The zero-order chi connectivity index (χ0) is 22.7. The van der Waals surface area contributed by atoms with Gasteiger partial charge in [0.2, 0.25) is 5.91 Å². The van der Waals surface area contributed by atoms with Crippen LogP contribution in [0, 0.1) is 20.8 Å². The Kier molecular flexibility index (Phi) is 6.86. The second-order valence-electron chi connectivity index (χ2n) is 8.92. The van der Waals surface area contributed by atoms with E-state index in [1.807, 2.05) is 31.4 Å². The molecule has 3 heterocycles. The van der Waals surface area contributed by atoms with E-state index >= 15 is 0 Å². The minimum atomic E-state index is -0.140. The Morgan fingerprint density at radius 2 is 1.81 bits per heavy atom. The van der Waals surface area contributed by atoms with Crippen LogP contribution in [-0.2, 0) is 24.3 Å². The molecule has 1 saturated heterocycles. The predicted molar refractivity (Wildman–Crippen MR) is 124 cm³/mol. The maximum atomic E-state index is 12.5. The highest BCUT2D eigenvalue weighted by Gasteiger charge is 2.17. The average Bonchev–Trinajstić information content (AvgIpc) is 3.15. The van der Waals surface area contributed by atoms with E-state index < -0.39 is 0 Å². The molecular formula is C25H33N5O2. The Bertz CT molecular complexity index is 1080. The number of aliphatic hydroxyl groups is 1. The predicted octanol–water partition coefficient (Wildman–Crippen LogP) is 2.86. The third-order valence-corrected chi connectivity index (χ3v) is 6.36. The maximum absolute atomic E-state index is 12.5. The Balaban J connectivity index is 1.27. The van der Waals surface area contributed by atoms with Gasteiger partial charge >= 0.3 is 0 Å². The van der Waals surface area contributed by atoms with Gasteiger partial charge in [0.05, 0.1) is 11.8 Å². The number of aryl methyl sites for hydroxylation is 3. The molecule has 1 fully saturated rings. The summed E-state index contributed by atoms with van der Waals surface area (Å²) in [5.74, 6) is 0.0384. The van der Waals surface area contributed by atoms with Crippen LogP contribution in [0.15, 0.2) is 30.3 Å². The summed E-state index contributed by atoms with van der Waals surface area (Å²) in [6, 6.07) is 10.4. The highest BCUT2D eigenvalue weighted by molar-refractivity contribution is 5.76. The molecule has 3 aromatic rings. The molecule has 2 aromatic heterocycles. The van der Waals surface area contributed by atoms with Crippen LogP contribution in [0.2, 0.25) is 0 Å². The first kappa shape index (κ1) is 22.4. The summed E-state index contributed by atoms with van der Waals surface area (Å²) in [6.07, 6.45) is 2.64. The molecule has 0 atom stereocenters. The number of hydrogen-bond acceptors (Lipinski definition) is 5. The number of likely N-dealkylation sites (tertiary alicyclic amines) is 1. The molecule has 1 aliphatic heterocycles. The fourth-order valence-corrected chi connectivity index (χ4v) is 4.43. The molecule has 0 aliphatic carbocycles. The van der Waals surface area contributed by atoms with Crippen molar-refractivity contribution in [3.63, 3.8) is 0 Å². The SMILES string of the molecule is Cc1cc2nc(C)c(CCC(=O)NCc3ccc(CN4CCC(O)CC4)cc3)c(C)n2n1. The molecular weight excluding hydrogens is 402 g/mol. The first-order valence-electron chi connectivity index (χ1n) is 11.5. The van der Waals surface area contributed by atoms with Gasteiger partial charge in [0.1, 0.15) is 0 Å². The van der Waals surface area contributed by atoms with Crippen LogP contribution in [0.4, 0.5) is 0 Å². The van der Waals surface area contributed by atoms with Crippen molar-refractivity contribution in [1.82, 2.24) is 24.8 Å². The van der Waals surface area contributed by atoms with E-state index in [9.17, 15) is 9.90 Å². The van der Waals surface area contributed by atoms with Gasteiger partial charge in [0.15, 0.2) is 5.65 Å². The highest BCUT2D eigenvalue weighted by atomic mass is 16.3. The van der Waals surface area contributed by atoms with Crippen molar-refractivity contribution in [2.75, 3.05) is 13.1 Å². The van der Waals surface area contributed by atoms with Crippen LogP contribution in [0.5, 0.6) is 0 Å². The first-order valence-corrected chi connectivity index (χ1v) is 11.5. The van der Waals surface area contributed by atoms with Gasteiger partial charge in [-0.2, -0.15) is 5.10 Å². The number of carbonyl (C=O) groups excluding carboxylic acids is 1. The summed E-state index contributed by atoms with van der Waals surface area (Å²) in [5.41, 5.74) is 7.25. The van der Waals surface area contributed by atoms with Gasteiger partial charge in [-0.1, -0.05) is 24.3 Å². The number of aliphatic hydroxyl groups excluding tert-OH is 1. The van der Waals surface area contributed by atoms with Crippen LogP contribution in [0.25, 0.3) is 5.65 Å². The molecule has 2 N–H and O–H groups in total. The topological polar surface area (TPSA) is 82.8 Å². The summed E-state index contributed by atoms with van der Waals surface area (Å²) >= 11 is 0. The third-order valence-electron chi connectivity index (χ3n) is 6.36. The maximum Gasteiger partial charge on any atom is 0.220 e. The summed E-state index contributed by atoms with van der Waals surface area (Å²) in [7, 11) is 0. The molecule has 0 radical (unpaired) electrons. The van der Waals surface area contributed by atoms with Gasteiger partial charge in [0.25, 0.3) is 0 Å². The van der Waals surface area contributed by atoms with Crippen LogP contribution >= 0.6 is 0 Å². The molecule has 32 heavy (non-hydrogen) atoms. The Morgan fingerprint density at radius 3 is 2.53 bits per heavy atom. The number of nitrogens with zero attached hydrogens (tertiary/aromatic N) is 4. The summed E-state index contributed by atoms with van der Waals surface area (Å²) in [4.78, 5) is 19.5. The number of rotatable bonds is 7. The number of piperidine rings is 1. The third kappa shape index (κ3) is 5.34. The van der Waals surface area contributed by atoms with Crippen molar-refractivity contribution < 1.29 is 9.90 Å². The minimum absolute atomic E-state index is 0.0384. The molecule has 0 saturated carbocycles. The highest BCUT2D eigenvalue weighted by Crippen LogP contribution is 2.17. The van der Waals surface area contributed by atoms with Crippen molar-refractivity contribution in [1.29, 1.82) is 0 Å². The number of benzene rings is 1. The molecule has 0 spiro atoms. The number of amides is 1. The van der Waals surface area contributed by atoms with E-state index in [4.69, 9.17) is 0 Å². The van der Waals surface area contributed by atoms with Gasteiger partial charge in [-0.3, -0.25) is 9.69 Å². The lowest BCUT2D eigenvalue weighted by Gasteiger charge is -2.29. The molecule has 0 unspecified atom stereocenters. The quantitative estimate of drug-likeness (QED) is 0.596. The van der Waals surface area contributed by atoms with E-state index in [0.29, 0.717) is 19.4 Å². The number of nitrogens with one attached hydrogen (secondary N) is 1. The first-order chi connectivity index (χ1) is 15.4. The normalized spacial score (nSPS) is 15.4. The van der Waals surface area contributed by atoms with Gasteiger partial charge in [-0.15, -0.1) is 0 Å². The van der Waals surface area contributed by atoms with Crippen molar-refractivity contribution in [2.24, 2.45) is 0 Å². The van der Waals surface area contributed by atoms with Crippen LogP contribution in [-0.4, -0.2) is 49.7 Å². The van der Waals surface area contributed by atoms with Crippen LogP contribution < -0.4 is 5.32 Å². The van der Waals surface area contributed by atoms with Crippen molar-refractivity contribution in [3.05, 3.63) is 64.1 Å². The smallest absolute Gasteiger partial charge is 0.220 e. The van der Waals surface area contributed by atoms with Gasteiger partial charge in [0, 0.05) is 50.1 Å². The largest absolute Gasteiger partial charge is 0.393 e. The van der Waals surface area contributed by atoms with Gasteiger partial charge < -0.3 is 10.4 Å². The van der Waals surface area contributed by atoms with Crippen LogP contribution in [0.1, 0.15) is 53.0 Å². The fourth-order valence-electron chi connectivity index (χ4n) is 4.43. The minimum Gasteiger partial charge on any atom is -0.393 e. The second kappa shape index (κ2) is 9.79. The Labute approximate surface area is 189 Å². The van der Waals surface area contributed by atoms with E-state index in [-0.39, 0.29) is 12.0 Å². The van der Waals surface area contributed by atoms with Gasteiger partial charge in [-0.05, 0) is 56.7 Å². The molecule has 7 heteroatoms. The fraction of sp³-hybridized carbons (Fsp3) is 0.480. The number of carbonyl (C=O) groups is 1. The lowest BCUT2D eigenvalue weighted by molar-refractivity contribution is -0.121. The van der Waals surface area contributed by atoms with E-state index in [1.54, 1.807) is 0 Å². The summed E-state index contributed by atoms with van der Waals surface area (Å²) in [5, 5.41) is 17.2. The lowest BCUT2D eigenvalue weighted by atomic mass is 10.1. The zero-order valence-corrected chi connectivity index (χ0v) is 19.3. The lowest BCUT2D eigenvalue weighted by Crippen LogP contribution is -2.35. The van der Waals surface area contributed by atoms with Gasteiger partial charge in [-0.25, -0.2) is 9.50 Å². The number of fused-ring (bicyclic) bond motifs is 1. The van der Waals surface area contributed by atoms with E-state index in [2.05, 4.69) is 44.6 Å².